The molecule has 1 aromatic heterocycles. The first-order valence-corrected chi connectivity index (χ1v) is 9.03. The van der Waals surface area contributed by atoms with Gasteiger partial charge in [-0.15, -0.1) is 0 Å². The number of aryl methyl sites for hydroxylation is 1. The third-order valence-electron chi connectivity index (χ3n) is 6.90. The Morgan fingerprint density at radius 3 is 2.92 bits per heavy atom. The highest BCUT2D eigenvalue weighted by atomic mass is 16.5. The minimum Gasteiger partial charge on any atom is -0.468 e. The molecule has 0 bridgehead atoms. The molecule has 0 saturated heterocycles. The summed E-state index contributed by atoms with van der Waals surface area (Å²) in [6.45, 7) is 4.36. The number of carbonyl (C=O) groups is 2. The molecule has 132 valence electrons. The van der Waals surface area contributed by atoms with Crippen LogP contribution in [-0.2, 0) is 26.2 Å². The molecule has 0 amide bonds. The number of methoxy groups -OCH3 is 1. The van der Waals surface area contributed by atoms with E-state index >= 15 is 0 Å². The van der Waals surface area contributed by atoms with Crippen LogP contribution in [0, 0.1) is 18.3 Å². The van der Waals surface area contributed by atoms with E-state index in [9.17, 15) is 9.59 Å². The zero-order valence-electron chi connectivity index (χ0n) is 15.1. The van der Waals surface area contributed by atoms with Crippen molar-refractivity contribution in [1.82, 2.24) is 0 Å². The molecular formula is C21H24O4. The molecule has 0 aliphatic heterocycles. The van der Waals surface area contributed by atoms with Crippen molar-refractivity contribution in [3.8, 4) is 0 Å². The van der Waals surface area contributed by atoms with Crippen LogP contribution < -0.4 is 0 Å². The van der Waals surface area contributed by atoms with Crippen LogP contribution in [0.3, 0.4) is 0 Å². The summed E-state index contributed by atoms with van der Waals surface area (Å²) in [6.07, 6.45) is 6.72. The highest BCUT2D eigenvalue weighted by Gasteiger charge is 2.58. The third-order valence-corrected chi connectivity index (χ3v) is 6.90. The van der Waals surface area contributed by atoms with Gasteiger partial charge in [-0.3, -0.25) is 4.79 Å². The number of ether oxygens (including phenoxy) is 1. The highest BCUT2D eigenvalue weighted by molar-refractivity contribution is 5.94. The maximum atomic E-state index is 12.6. The zero-order valence-corrected chi connectivity index (χ0v) is 15.1. The van der Waals surface area contributed by atoms with E-state index in [-0.39, 0.29) is 17.3 Å². The van der Waals surface area contributed by atoms with Crippen LogP contribution in [0.4, 0.5) is 0 Å². The van der Waals surface area contributed by atoms with Crippen molar-refractivity contribution in [1.29, 1.82) is 0 Å². The SMILES string of the molecule is COC(=O)C1(C=O)CCCC2(C)c3cc4occc4c(C)c3CCC12. The molecule has 4 nitrogen and oxygen atoms in total. The van der Waals surface area contributed by atoms with Gasteiger partial charge in [0.1, 0.15) is 17.3 Å². The number of hydrogen-bond donors (Lipinski definition) is 0. The number of carbonyl (C=O) groups excluding carboxylic acids is 2. The fourth-order valence-corrected chi connectivity index (χ4v) is 5.63. The quantitative estimate of drug-likeness (QED) is 0.469. The predicted octanol–water partition coefficient (Wildman–Crippen LogP) is 4.10. The van der Waals surface area contributed by atoms with Crippen molar-refractivity contribution in [3.63, 3.8) is 0 Å². The zero-order chi connectivity index (χ0) is 17.8. The number of aldehydes is 1. The number of esters is 1. The number of fused-ring (bicyclic) bond motifs is 4. The molecule has 1 heterocycles. The van der Waals surface area contributed by atoms with E-state index in [2.05, 4.69) is 19.9 Å². The standard InChI is InChI=1S/C21H24O4/c1-13-14-5-6-18-20(2,16(14)11-17-15(13)7-10-25-17)8-4-9-21(18,12-22)19(23)24-3/h7,10-12,18H,4-6,8-9H2,1-3H3. The van der Waals surface area contributed by atoms with Gasteiger partial charge in [-0.05, 0) is 72.8 Å². The highest BCUT2D eigenvalue weighted by Crippen LogP contribution is 2.57. The van der Waals surface area contributed by atoms with Crippen LogP contribution in [-0.4, -0.2) is 19.4 Å². The number of hydrogen-bond acceptors (Lipinski definition) is 4. The monoisotopic (exact) mass is 340 g/mol. The second-order valence-corrected chi connectivity index (χ2v) is 7.87. The number of furan rings is 1. The number of benzene rings is 1. The maximum absolute atomic E-state index is 12.6. The van der Waals surface area contributed by atoms with Gasteiger partial charge in [-0.25, -0.2) is 0 Å². The molecule has 2 aromatic rings. The van der Waals surface area contributed by atoms with Crippen LogP contribution in [0.2, 0.25) is 0 Å². The van der Waals surface area contributed by atoms with Crippen molar-refractivity contribution >= 4 is 23.2 Å². The van der Waals surface area contributed by atoms with Gasteiger partial charge in [-0.1, -0.05) is 13.3 Å². The Kier molecular flexibility index (Phi) is 3.57. The van der Waals surface area contributed by atoms with Gasteiger partial charge in [0.15, 0.2) is 0 Å². The van der Waals surface area contributed by atoms with E-state index in [1.807, 2.05) is 6.07 Å². The average Bonchev–Trinajstić information content (AvgIpc) is 3.09. The van der Waals surface area contributed by atoms with Crippen LogP contribution in [0.1, 0.15) is 49.3 Å². The van der Waals surface area contributed by atoms with Crippen molar-refractivity contribution in [2.75, 3.05) is 7.11 Å². The molecule has 3 unspecified atom stereocenters. The molecule has 1 fully saturated rings. The van der Waals surface area contributed by atoms with Crippen LogP contribution >= 0.6 is 0 Å². The normalized spacial score (nSPS) is 31.2. The fraction of sp³-hybridized carbons (Fsp3) is 0.524. The minimum atomic E-state index is -1.02. The second-order valence-electron chi connectivity index (χ2n) is 7.87. The summed E-state index contributed by atoms with van der Waals surface area (Å²) in [5.41, 5.74) is 3.52. The molecule has 0 radical (unpaired) electrons. The Labute approximate surface area is 147 Å². The molecule has 1 saturated carbocycles. The summed E-state index contributed by atoms with van der Waals surface area (Å²) in [7, 11) is 1.38. The molecule has 4 heteroatoms. The van der Waals surface area contributed by atoms with Crippen LogP contribution in [0.25, 0.3) is 11.0 Å². The van der Waals surface area contributed by atoms with Gasteiger partial charge in [0.25, 0.3) is 0 Å². The summed E-state index contributed by atoms with van der Waals surface area (Å²) in [5, 5.41) is 1.16. The Bertz CT molecular complexity index is 864. The Morgan fingerprint density at radius 2 is 2.20 bits per heavy atom. The number of rotatable bonds is 2. The Hall–Kier alpha value is -2.10. The molecular weight excluding hydrogens is 316 g/mol. The molecule has 0 spiro atoms. The van der Waals surface area contributed by atoms with E-state index in [1.165, 1.54) is 23.8 Å². The summed E-state index contributed by atoms with van der Waals surface area (Å²) >= 11 is 0. The third kappa shape index (κ3) is 2.00. The van der Waals surface area contributed by atoms with Gasteiger partial charge in [0.2, 0.25) is 0 Å². The van der Waals surface area contributed by atoms with E-state index in [0.717, 1.165) is 42.9 Å². The Morgan fingerprint density at radius 1 is 1.40 bits per heavy atom. The lowest BCUT2D eigenvalue weighted by atomic mass is 9.49. The first-order chi connectivity index (χ1) is 12.0. The first kappa shape index (κ1) is 16.4. The molecule has 4 rings (SSSR count). The molecule has 0 N–H and O–H groups in total. The molecule has 2 aliphatic carbocycles. The van der Waals surface area contributed by atoms with E-state index in [4.69, 9.17) is 9.15 Å². The van der Waals surface area contributed by atoms with Gasteiger partial charge < -0.3 is 13.9 Å². The van der Waals surface area contributed by atoms with Gasteiger partial charge in [0, 0.05) is 5.39 Å². The van der Waals surface area contributed by atoms with Gasteiger partial charge in [0.05, 0.1) is 13.4 Å². The van der Waals surface area contributed by atoms with Crippen LogP contribution in [0.5, 0.6) is 0 Å². The first-order valence-electron chi connectivity index (χ1n) is 9.03. The fourth-order valence-electron chi connectivity index (χ4n) is 5.63. The van der Waals surface area contributed by atoms with Crippen molar-refractivity contribution in [2.24, 2.45) is 11.3 Å². The van der Waals surface area contributed by atoms with Crippen LogP contribution in [0.15, 0.2) is 22.8 Å². The van der Waals surface area contributed by atoms with E-state index in [1.54, 1.807) is 6.26 Å². The van der Waals surface area contributed by atoms with Gasteiger partial charge >= 0.3 is 5.97 Å². The predicted molar refractivity (Wildman–Crippen MR) is 94.5 cm³/mol. The maximum Gasteiger partial charge on any atom is 0.319 e. The van der Waals surface area contributed by atoms with Crippen molar-refractivity contribution < 1.29 is 18.7 Å². The smallest absolute Gasteiger partial charge is 0.319 e. The van der Waals surface area contributed by atoms with Crippen molar-refractivity contribution in [2.45, 2.75) is 51.4 Å². The van der Waals surface area contributed by atoms with E-state index < -0.39 is 5.41 Å². The lowest BCUT2D eigenvalue weighted by Crippen LogP contribution is -2.55. The summed E-state index contributed by atoms with van der Waals surface area (Å²) < 4.78 is 10.7. The lowest BCUT2D eigenvalue weighted by molar-refractivity contribution is -0.164. The summed E-state index contributed by atoms with van der Waals surface area (Å²) in [5.74, 6) is -0.407. The lowest BCUT2D eigenvalue weighted by Gasteiger charge is -2.53. The molecule has 3 atom stereocenters. The summed E-state index contributed by atoms with van der Waals surface area (Å²) in [4.78, 5) is 24.7. The topological polar surface area (TPSA) is 56.5 Å². The van der Waals surface area contributed by atoms with E-state index in [0.29, 0.717) is 6.42 Å². The molecule has 1 aromatic carbocycles. The Balaban J connectivity index is 1.93. The van der Waals surface area contributed by atoms with Gasteiger partial charge in [-0.2, -0.15) is 0 Å². The average molecular weight is 340 g/mol. The van der Waals surface area contributed by atoms with Crippen molar-refractivity contribution in [3.05, 3.63) is 35.1 Å². The summed E-state index contributed by atoms with van der Waals surface area (Å²) in [6, 6.07) is 4.16. The molecule has 2 aliphatic rings. The minimum absolute atomic E-state index is 0.0296. The largest absolute Gasteiger partial charge is 0.468 e. The second kappa shape index (κ2) is 5.45. The molecule has 25 heavy (non-hydrogen) atoms.